The van der Waals surface area contributed by atoms with Crippen molar-refractivity contribution in [3.05, 3.63) is 0 Å². The van der Waals surface area contributed by atoms with Gasteiger partial charge in [0.2, 0.25) is 0 Å². The summed E-state index contributed by atoms with van der Waals surface area (Å²) in [6, 6.07) is 3.08. The highest BCUT2D eigenvalue weighted by Crippen LogP contribution is 2.03. The minimum atomic E-state index is 0.369. The third kappa shape index (κ3) is 2.49. The molecule has 0 saturated carbocycles. The second-order valence-electron chi connectivity index (χ2n) is 3.35. The fourth-order valence-electron chi connectivity index (χ4n) is 1.66. The maximum atomic E-state index is 8.48. The van der Waals surface area contributed by atoms with Crippen LogP contribution in [0.5, 0.6) is 0 Å². The minimum Gasteiger partial charge on any atom is -0.308 e. The van der Waals surface area contributed by atoms with E-state index in [2.05, 4.69) is 30.3 Å². The Hall–Kier alpha value is -0.590. The van der Waals surface area contributed by atoms with Crippen LogP contribution in [0.2, 0.25) is 0 Å². The number of piperazine rings is 1. The Morgan fingerprint density at radius 2 is 2.36 bits per heavy atom. The quantitative estimate of drug-likeness (QED) is 0.584. The van der Waals surface area contributed by atoms with Crippen molar-refractivity contribution in [1.82, 2.24) is 10.2 Å². The normalized spacial score (nSPS) is 33.2. The van der Waals surface area contributed by atoms with Gasteiger partial charge in [0.25, 0.3) is 0 Å². The molecule has 0 aromatic heterocycles. The van der Waals surface area contributed by atoms with Gasteiger partial charge in [-0.05, 0) is 14.0 Å². The Kier molecular flexibility index (Phi) is 2.86. The van der Waals surface area contributed by atoms with Gasteiger partial charge in [-0.25, -0.2) is 0 Å². The topological polar surface area (TPSA) is 39.1 Å². The Bertz CT molecular complexity index is 151. The number of likely N-dealkylation sites (N-methyl/N-ethyl adjacent to an activating group) is 1. The molecule has 0 aromatic carbocycles. The molecule has 1 fully saturated rings. The summed E-state index contributed by atoms with van der Waals surface area (Å²) in [4.78, 5) is 2.27. The van der Waals surface area contributed by atoms with Crippen molar-refractivity contribution in [1.29, 1.82) is 5.26 Å². The molecule has 1 aliphatic rings. The van der Waals surface area contributed by atoms with Gasteiger partial charge in [0.1, 0.15) is 0 Å². The lowest BCUT2D eigenvalue weighted by atomic mass is 10.1. The van der Waals surface area contributed by atoms with Crippen LogP contribution >= 0.6 is 0 Å². The average Bonchev–Trinajstić information content (AvgIpc) is 1.85. The van der Waals surface area contributed by atoms with Gasteiger partial charge in [-0.15, -0.1) is 0 Å². The maximum absolute atomic E-state index is 8.48. The van der Waals surface area contributed by atoms with Crippen molar-refractivity contribution in [2.24, 2.45) is 0 Å². The van der Waals surface area contributed by atoms with Crippen LogP contribution < -0.4 is 5.32 Å². The first-order valence-corrected chi connectivity index (χ1v) is 4.04. The van der Waals surface area contributed by atoms with Crippen LogP contribution in [0.3, 0.4) is 0 Å². The van der Waals surface area contributed by atoms with Gasteiger partial charge >= 0.3 is 0 Å². The molecule has 2 unspecified atom stereocenters. The van der Waals surface area contributed by atoms with Crippen LogP contribution in [0.15, 0.2) is 0 Å². The molecule has 1 heterocycles. The van der Waals surface area contributed by atoms with Crippen molar-refractivity contribution in [3.63, 3.8) is 0 Å². The molecule has 0 amide bonds. The molecule has 11 heavy (non-hydrogen) atoms. The first-order valence-electron chi connectivity index (χ1n) is 4.04. The predicted molar refractivity (Wildman–Crippen MR) is 44.1 cm³/mol. The Morgan fingerprint density at radius 3 is 2.91 bits per heavy atom. The van der Waals surface area contributed by atoms with Crippen molar-refractivity contribution in [3.8, 4) is 6.07 Å². The average molecular weight is 153 g/mol. The van der Waals surface area contributed by atoms with Crippen molar-refractivity contribution >= 4 is 0 Å². The van der Waals surface area contributed by atoms with Crippen molar-refractivity contribution in [2.45, 2.75) is 25.4 Å². The fourth-order valence-corrected chi connectivity index (χ4v) is 1.66. The summed E-state index contributed by atoms with van der Waals surface area (Å²) >= 11 is 0. The summed E-state index contributed by atoms with van der Waals surface area (Å²) in [6.07, 6.45) is 0.620. The Balaban J connectivity index is 2.38. The molecule has 3 heteroatoms. The number of nitriles is 1. The molecule has 0 bridgehead atoms. The molecule has 3 nitrogen and oxygen atoms in total. The van der Waals surface area contributed by atoms with E-state index in [1.54, 1.807) is 0 Å². The molecule has 62 valence electrons. The van der Waals surface area contributed by atoms with E-state index in [0.29, 0.717) is 18.5 Å². The zero-order valence-electron chi connectivity index (χ0n) is 7.17. The standard InChI is InChI=1S/C8H15N3/c1-7-5-11(2)6-8(10-7)3-4-9/h7-8,10H,3,5-6H2,1-2H3. The largest absolute Gasteiger partial charge is 0.308 e. The number of nitrogens with one attached hydrogen (secondary N) is 1. The smallest absolute Gasteiger partial charge is 0.0638 e. The van der Waals surface area contributed by atoms with Crippen molar-refractivity contribution in [2.75, 3.05) is 20.1 Å². The van der Waals surface area contributed by atoms with E-state index in [9.17, 15) is 0 Å². The number of rotatable bonds is 1. The first-order chi connectivity index (χ1) is 5.22. The SMILES string of the molecule is CC1CN(C)CC(CC#N)N1. The second-order valence-corrected chi connectivity index (χ2v) is 3.35. The zero-order valence-corrected chi connectivity index (χ0v) is 7.17. The maximum Gasteiger partial charge on any atom is 0.0638 e. The number of nitrogens with zero attached hydrogens (tertiary/aromatic N) is 2. The molecule has 1 rings (SSSR count). The molecule has 2 atom stereocenters. The number of hydrogen-bond donors (Lipinski definition) is 1. The highest BCUT2D eigenvalue weighted by molar-refractivity contribution is 4.88. The summed E-state index contributed by atoms with van der Waals surface area (Å²) in [7, 11) is 2.10. The second kappa shape index (κ2) is 3.70. The molecular formula is C8H15N3. The zero-order chi connectivity index (χ0) is 8.27. The van der Waals surface area contributed by atoms with Gasteiger partial charge < -0.3 is 10.2 Å². The molecule has 0 aromatic rings. The summed E-state index contributed by atoms with van der Waals surface area (Å²) in [5.74, 6) is 0. The molecule has 0 radical (unpaired) electrons. The van der Waals surface area contributed by atoms with Gasteiger partial charge in [-0.2, -0.15) is 5.26 Å². The predicted octanol–water partition coefficient (Wildman–Crippen LogP) is 0.192. The molecule has 0 spiro atoms. The monoisotopic (exact) mass is 153 g/mol. The van der Waals surface area contributed by atoms with E-state index in [4.69, 9.17) is 5.26 Å². The lowest BCUT2D eigenvalue weighted by molar-refractivity contribution is 0.201. The van der Waals surface area contributed by atoms with Crippen LogP contribution in [-0.4, -0.2) is 37.1 Å². The van der Waals surface area contributed by atoms with Crippen LogP contribution in [0.4, 0.5) is 0 Å². The van der Waals surface area contributed by atoms with Gasteiger partial charge in [0.05, 0.1) is 12.5 Å². The molecule has 1 N–H and O–H groups in total. The van der Waals surface area contributed by atoms with E-state index in [0.717, 1.165) is 13.1 Å². The first kappa shape index (κ1) is 8.51. The lowest BCUT2D eigenvalue weighted by Crippen LogP contribution is -2.53. The van der Waals surface area contributed by atoms with Crippen LogP contribution in [-0.2, 0) is 0 Å². The van der Waals surface area contributed by atoms with Gasteiger partial charge in [-0.1, -0.05) is 0 Å². The van der Waals surface area contributed by atoms with E-state index in [1.165, 1.54) is 0 Å². The molecular weight excluding hydrogens is 138 g/mol. The van der Waals surface area contributed by atoms with Crippen LogP contribution in [0.25, 0.3) is 0 Å². The summed E-state index contributed by atoms with van der Waals surface area (Å²) in [5, 5.41) is 11.9. The van der Waals surface area contributed by atoms with E-state index in [-0.39, 0.29) is 0 Å². The Morgan fingerprint density at radius 1 is 1.64 bits per heavy atom. The summed E-state index contributed by atoms with van der Waals surface area (Å²) in [6.45, 7) is 4.24. The fraction of sp³-hybridized carbons (Fsp3) is 0.875. The lowest BCUT2D eigenvalue weighted by Gasteiger charge is -2.34. The van der Waals surface area contributed by atoms with Crippen LogP contribution in [0, 0.1) is 11.3 Å². The third-order valence-corrected chi connectivity index (χ3v) is 1.98. The van der Waals surface area contributed by atoms with E-state index < -0.39 is 0 Å². The summed E-state index contributed by atoms with van der Waals surface area (Å²) in [5.41, 5.74) is 0. The van der Waals surface area contributed by atoms with Crippen molar-refractivity contribution < 1.29 is 0 Å². The highest BCUT2D eigenvalue weighted by atomic mass is 15.2. The molecule has 1 aliphatic heterocycles. The number of hydrogen-bond acceptors (Lipinski definition) is 3. The highest BCUT2D eigenvalue weighted by Gasteiger charge is 2.20. The van der Waals surface area contributed by atoms with Gasteiger partial charge in [-0.3, -0.25) is 0 Å². The Labute approximate surface area is 68.0 Å². The third-order valence-electron chi connectivity index (χ3n) is 1.98. The summed E-state index contributed by atoms with van der Waals surface area (Å²) < 4.78 is 0. The van der Waals surface area contributed by atoms with E-state index >= 15 is 0 Å². The molecule has 0 aliphatic carbocycles. The van der Waals surface area contributed by atoms with E-state index in [1.807, 2.05) is 0 Å². The van der Waals surface area contributed by atoms with Gasteiger partial charge in [0.15, 0.2) is 0 Å². The van der Waals surface area contributed by atoms with Crippen LogP contribution in [0.1, 0.15) is 13.3 Å². The van der Waals surface area contributed by atoms with Gasteiger partial charge in [0, 0.05) is 25.2 Å². The minimum absolute atomic E-state index is 0.369. The molecule has 1 saturated heterocycles.